The highest BCUT2D eigenvalue weighted by Crippen LogP contribution is 2.33. The first kappa shape index (κ1) is 24.1. The molecule has 0 saturated heterocycles. The fourth-order valence-corrected chi connectivity index (χ4v) is 5.10. The summed E-state index contributed by atoms with van der Waals surface area (Å²) in [6, 6.07) is 12.6. The largest absolute Gasteiger partial charge is 0.294 e. The van der Waals surface area contributed by atoms with Crippen LogP contribution in [0.25, 0.3) is 5.57 Å². The van der Waals surface area contributed by atoms with Crippen molar-refractivity contribution in [1.82, 2.24) is 4.98 Å². The van der Waals surface area contributed by atoms with Crippen LogP contribution < -0.4 is 0 Å². The number of Topliss-reactive ketones (excluding diaryl/α,β-unsaturated/α-hetero) is 1. The zero-order valence-corrected chi connectivity index (χ0v) is 20.9. The molecule has 2 nitrogen and oxygen atoms in total. The van der Waals surface area contributed by atoms with Gasteiger partial charge in [-0.3, -0.25) is 9.78 Å². The van der Waals surface area contributed by atoms with Crippen molar-refractivity contribution in [1.29, 1.82) is 0 Å². The van der Waals surface area contributed by atoms with Crippen LogP contribution in [-0.4, -0.2) is 10.8 Å². The van der Waals surface area contributed by atoms with Crippen LogP contribution in [0.4, 0.5) is 0 Å². The third kappa shape index (κ3) is 6.11. The Morgan fingerprint density at radius 2 is 2.09 bits per heavy atom. The lowest BCUT2D eigenvalue weighted by Crippen LogP contribution is -2.09. The molecule has 34 heavy (non-hydrogen) atoms. The fraction of sp³-hybridized carbons (Fsp3) is 0.375. The number of nitrogens with zero attached hydrogens (tertiary/aromatic N) is 1. The van der Waals surface area contributed by atoms with E-state index in [1.54, 1.807) is 0 Å². The first-order valence-electron chi connectivity index (χ1n) is 12.8. The molecule has 0 radical (unpaired) electrons. The number of allylic oxidation sites excluding steroid dienone is 8. The predicted molar refractivity (Wildman–Crippen MR) is 145 cm³/mol. The molecule has 0 fully saturated rings. The Morgan fingerprint density at radius 1 is 1.21 bits per heavy atom. The standard InChI is InChI=1S/C32H37NO.H2/c1-23-9-8-11-26(21-23)15-19-32(34)30-18-16-27(29-13-5-4-10-24(29)2)22-31(30)25(3)14-17-28-12-6-7-20-33-28;/h5-9,11-13,16,18,20,22-23,25H,4,10,14-15,17,19,21H2,1-3H3;1H. The third-order valence-corrected chi connectivity index (χ3v) is 7.21. The molecule has 0 saturated carbocycles. The summed E-state index contributed by atoms with van der Waals surface area (Å²) in [5.74, 6) is 1.11. The molecular weight excluding hydrogens is 414 g/mol. The summed E-state index contributed by atoms with van der Waals surface area (Å²) in [6.07, 6.45) is 19.5. The summed E-state index contributed by atoms with van der Waals surface area (Å²) in [4.78, 5) is 17.9. The number of ketones is 1. The topological polar surface area (TPSA) is 30.0 Å². The Morgan fingerprint density at radius 3 is 2.85 bits per heavy atom. The molecular formula is C32H39NO. The molecule has 4 rings (SSSR count). The van der Waals surface area contributed by atoms with Crippen molar-refractivity contribution in [2.75, 3.05) is 0 Å². The van der Waals surface area contributed by atoms with E-state index < -0.39 is 0 Å². The van der Waals surface area contributed by atoms with E-state index in [1.165, 1.54) is 27.8 Å². The number of hydrogen-bond donors (Lipinski definition) is 0. The number of pyridine rings is 1. The van der Waals surface area contributed by atoms with E-state index in [0.29, 0.717) is 12.3 Å². The molecule has 178 valence electrons. The minimum Gasteiger partial charge on any atom is -0.294 e. The smallest absolute Gasteiger partial charge is 0.163 e. The minimum atomic E-state index is 0. The highest BCUT2D eigenvalue weighted by Gasteiger charge is 2.19. The van der Waals surface area contributed by atoms with Crippen molar-refractivity contribution in [3.8, 4) is 0 Å². The second-order valence-corrected chi connectivity index (χ2v) is 10.0. The SMILES string of the molecule is CC1=C(c2ccc(C(=O)CCC3=CC=CC(C)C3)c(C(C)CCc3ccccn3)c2)C=CCC1.[HH]. The molecule has 2 aliphatic rings. The predicted octanol–water partition coefficient (Wildman–Crippen LogP) is 8.67. The maximum absolute atomic E-state index is 13.4. The van der Waals surface area contributed by atoms with Gasteiger partial charge in [-0.2, -0.15) is 0 Å². The first-order valence-corrected chi connectivity index (χ1v) is 12.8. The number of rotatable bonds is 9. The molecule has 2 heteroatoms. The van der Waals surface area contributed by atoms with E-state index in [1.807, 2.05) is 18.3 Å². The zero-order valence-electron chi connectivity index (χ0n) is 20.9. The zero-order chi connectivity index (χ0) is 23.9. The number of aryl methyl sites for hydroxylation is 1. The van der Waals surface area contributed by atoms with Gasteiger partial charge in [0.05, 0.1) is 0 Å². The first-order chi connectivity index (χ1) is 16.5. The van der Waals surface area contributed by atoms with Gasteiger partial charge >= 0.3 is 0 Å². The van der Waals surface area contributed by atoms with Crippen LogP contribution in [0.5, 0.6) is 0 Å². The lowest BCUT2D eigenvalue weighted by atomic mass is 9.84. The monoisotopic (exact) mass is 453 g/mol. The molecule has 1 heterocycles. The minimum absolute atomic E-state index is 0. The number of carbonyl (C=O) groups excluding carboxylic acids is 1. The van der Waals surface area contributed by atoms with Crippen LogP contribution in [0.15, 0.2) is 84.1 Å². The molecule has 1 aromatic heterocycles. The van der Waals surface area contributed by atoms with E-state index in [0.717, 1.165) is 49.8 Å². The Balaban J connectivity index is 0.00000342. The van der Waals surface area contributed by atoms with Gasteiger partial charge in [0, 0.05) is 25.3 Å². The summed E-state index contributed by atoms with van der Waals surface area (Å²) in [6.45, 7) is 6.73. The van der Waals surface area contributed by atoms with Gasteiger partial charge in [0.2, 0.25) is 0 Å². The van der Waals surface area contributed by atoms with Crippen LogP contribution in [0.1, 0.15) is 93.8 Å². The fourth-order valence-electron chi connectivity index (χ4n) is 5.10. The van der Waals surface area contributed by atoms with Gasteiger partial charge in [-0.25, -0.2) is 0 Å². The number of benzene rings is 1. The van der Waals surface area contributed by atoms with Crippen LogP contribution in [0.2, 0.25) is 0 Å². The maximum atomic E-state index is 13.4. The molecule has 2 aliphatic carbocycles. The lowest BCUT2D eigenvalue weighted by Gasteiger charge is -2.20. The van der Waals surface area contributed by atoms with Crippen LogP contribution in [0.3, 0.4) is 0 Å². The highest BCUT2D eigenvalue weighted by molar-refractivity contribution is 5.98. The average molecular weight is 454 g/mol. The molecule has 2 unspecified atom stereocenters. The van der Waals surface area contributed by atoms with Crippen molar-refractivity contribution in [3.63, 3.8) is 0 Å². The van der Waals surface area contributed by atoms with Crippen LogP contribution in [-0.2, 0) is 6.42 Å². The van der Waals surface area contributed by atoms with E-state index in [9.17, 15) is 4.79 Å². The lowest BCUT2D eigenvalue weighted by molar-refractivity contribution is 0.0981. The van der Waals surface area contributed by atoms with Gasteiger partial charge in [0.15, 0.2) is 5.78 Å². The number of carbonyl (C=O) groups is 1. The number of aromatic nitrogens is 1. The van der Waals surface area contributed by atoms with Gasteiger partial charge < -0.3 is 0 Å². The summed E-state index contributed by atoms with van der Waals surface area (Å²) < 4.78 is 0. The van der Waals surface area contributed by atoms with Crippen molar-refractivity contribution in [3.05, 3.63) is 107 Å². The molecule has 0 spiro atoms. The molecule has 0 aliphatic heterocycles. The van der Waals surface area contributed by atoms with Crippen molar-refractivity contribution in [2.45, 2.75) is 71.6 Å². The van der Waals surface area contributed by atoms with Gasteiger partial charge in [-0.1, -0.05) is 79.6 Å². The van der Waals surface area contributed by atoms with Gasteiger partial charge in [-0.15, -0.1) is 0 Å². The van der Waals surface area contributed by atoms with E-state index in [2.05, 4.69) is 80.4 Å². The molecule has 0 bridgehead atoms. The Bertz CT molecular complexity index is 1140. The summed E-state index contributed by atoms with van der Waals surface area (Å²) in [7, 11) is 0. The summed E-state index contributed by atoms with van der Waals surface area (Å²) >= 11 is 0. The van der Waals surface area contributed by atoms with Crippen LogP contribution >= 0.6 is 0 Å². The third-order valence-electron chi connectivity index (χ3n) is 7.21. The van der Waals surface area contributed by atoms with E-state index in [-0.39, 0.29) is 13.1 Å². The van der Waals surface area contributed by atoms with Crippen molar-refractivity contribution in [2.24, 2.45) is 5.92 Å². The second kappa shape index (κ2) is 11.4. The maximum Gasteiger partial charge on any atom is 0.163 e. The molecule has 2 atom stereocenters. The summed E-state index contributed by atoms with van der Waals surface area (Å²) in [5.41, 5.74) is 8.56. The highest BCUT2D eigenvalue weighted by atomic mass is 16.1. The Kier molecular flexibility index (Phi) is 8.11. The second-order valence-electron chi connectivity index (χ2n) is 10.0. The summed E-state index contributed by atoms with van der Waals surface area (Å²) in [5, 5.41) is 0. The molecule has 2 aromatic rings. The van der Waals surface area contributed by atoms with Crippen LogP contribution in [0, 0.1) is 5.92 Å². The van der Waals surface area contributed by atoms with Gasteiger partial charge in [0.1, 0.15) is 0 Å². The van der Waals surface area contributed by atoms with Gasteiger partial charge in [-0.05, 0) is 86.1 Å². The quantitative estimate of drug-likeness (QED) is 0.355. The van der Waals surface area contributed by atoms with E-state index in [4.69, 9.17) is 0 Å². The molecule has 0 amide bonds. The molecule has 0 N–H and O–H groups in total. The normalized spacial score (nSPS) is 18.7. The van der Waals surface area contributed by atoms with Crippen molar-refractivity contribution >= 4 is 11.4 Å². The molecule has 1 aromatic carbocycles. The van der Waals surface area contributed by atoms with E-state index >= 15 is 0 Å². The Labute approximate surface area is 206 Å². The van der Waals surface area contributed by atoms with Crippen molar-refractivity contribution < 1.29 is 6.22 Å². The van der Waals surface area contributed by atoms with Gasteiger partial charge in [0.25, 0.3) is 0 Å². The Hall–Kier alpha value is -3.00. The average Bonchev–Trinajstić information content (AvgIpc) is 2.86. The number of hydrogen-bond acceptors (Lipinski definition) is 2.